The van der Waals surface area contributed by atoms with E-state index in [2.05, 4.69) is 28.0 Å². The number of allylic oxidation sites excluding steroid dienone is 2. The predicted octanol–water partition coefficient (Wildman–Crippen LogP) is 0.618. The Balaban J connectivity index is 1.47. The van der Waals surface area contributed by atoms with Gasteiger partial charge in [0.2, 0.25) is 0 Å². The Labute approximate surface area is 322 Å². The van der Waals surface area contributed by atoms with Crippen LogP contribution in [-0.2, 0) is 52.4 Å². The minimum Gasteiger partial charge on any atom is -0.467 e. The van der Waals surface area contributed by atoms with E-state index in [4.69, 9.17) is 39.9 Å². The molecular weight excluding hydrogens is 740 g/mol. The normalized spacial score (nSPS) is 37.1. The van der Waals surface area contributed by atoms with Crippen molar-refractivity contribution in [1.82, 2.24) is 10.9 Å². The molecule has 5 rings (SSSR count). The first-order valence-electron chi connectivity index (χ1n) is 18.3. The summed E-state index contributed by atoms with van der Waals surface area (Å²) >= 11 is 0. The summed E-state index contributed by atoms with van der Waals surface area (Å²) in [5.74, 6) is -4.40. The number of rotatable bonds is 10. The minimum absolute atomic E-state index is 0.0447. The second-order valence-corrected chi connectivity index (χ2v) is 15.4. The van der Waals surface area contributed by atoms with Gasteiger partial charge in [0, 0.05) is 38.5 Å². The van der Waals surface area contributed by atoms with Crippen molar-refractivity contribution >= 4 is 53.1 Å². The van der Waals surface area contributed by atoms with Crippen LogP contribution in [0.1, 0.15) is 79.6 Å². The van der Waals surface area contributed by atoms with Crippen LogP contribution in [0, 0.1) is 28.6 Å². The average Bonchev–Trinajstić information content (AvgIpc) is 3.37. The van der Waals surface area contributed by atoms with Crippen molar-refractivity contribution in [1.29, 1.82) is 0 Å². The Morgan fingerprint density at radius 1 is 0.911 bits per heavy atom. The van der Waals surface area contributed by atoms with Gasteiger partial charge in [0.1, 0.15) is 11.4 Å². The molecule has 56 heavy (non-hydrogen) atoms. The largest absolute Gasteiger partial charge is 0.467 e. The molecule has 1 heterocycles. The van der Waals surface area contributed by atoms with Gasteiger partial charge in [-0.1, -0.05) is 19.4 Å². The molecule has 4 amide bonds. The van der Waals surface area contributed by atoms with E-state index in [1.165, 1.54) is 0 Å². The quantitative estimate of drug-likeness (QED) is 0.0878. The fourth-order valence-electron chi connectivity index (χ4n) is 9.83. The standard InChI is InChI=1S/C36H50N6O14/c1-16(43)53-26-27(54-17(2)44)29(55-18(3)45)31(56-28(26)30(47)51-6)52-15-24(40-42-33(38)49)36(50)12-10-22-21-8-7-19-13-20(39-41-32(37)48)9-11-34(19,4)25(21)23(46)14-35(22,36)5/h13,21-22,25-29,31,50H,7-12,14-15H2,1-6H3,(H3,37,41,48)(H3,38,42,49)/b39-20-,40-24+/t21-,22-,25+,26-,27-,28-,29+,31+,34+,35-,36-/m1/s1. The van der Waals surface area contributed by atoms with E-state index in [0.717, 1.165) is 33.5 Å². The maximum absolute atomic E-state index is 14.4. The van der Waals surface area contributed by atoms with Crippen LogP contribution >= 0.6 is 0 Å². The van der Waals surface area contributed by atoms with Gasteiger partial charge in [-0.15, -0.1) is 0 Å². The number of primary amides is 2. The van der Waals surface area contributed by atoms with Crippen molar-refractivity contribution in [2.45, 2.75) is 116 Å². The third-order valence-electron chi connectivity index (χ3n) is 12.1. The van der Waals surface area contributed by atoms with Crippen LogP contribution in [0.3, 0.4) is 0 Å². The number of aliphatic hydroxyl groups is 1. The van der Waals surface area contributed by atoms with Crippen LogP contribution in [-0.4, -0.2) is 108 Å². The molecule has 0 radical (unpaired) electrons. The molecule has 7 N–H and O–H groups in total. The van der Waals surface area contributed by atoms with Gasteiger partial charge in [0.25, 0.3) is 0 Å². The summed E-state index contributed by atoms with van der Waals surface area (Å²) in [6.07, 6.45) is -3.46. The average molecular weight is 791 g/mol. The van der Waals surface area contributed by atoms with Gasteiger partial charge in [-0.2, -0.15) is 10.2 Å². The number of carbonyl (C=O) groups excluding carboxylic acids is 7. The molecule has 1 aliphatic heterocycles. The molecule has 308 valence electrons. The molecule has 11 atom stereocenters. The Bertz CT molecular complexity index is 1750. The van der Waals surface area contributed by atoms with E-state index >= 15 is 0 Å². The van der Waals surface area contributed by atoms with Crippen molar-refractivity contribution in [3.8, 4) is 0 Å². The highest BCUT2D eigenvalue weighted by molar-refractivity contribution is 5.99. The number of amides is 4. The van der Waals surface area contributed by atoms with Crippen molar-refractivity contribution in [2.75, 3.05) is 13.7 Å². The fourth-order valence-corrected chi connectivity index (χ4v) is 9.83. The number of nitrogens with zero attached hydrogens (tertiary/aromatic N) is 2. The van der Waals surface area contributed by atoms with Gasteiger partial charge >= 0.3 is 35.9 Å². The van der Waals surface area contributed by atoms with Gasteiger partial charge in [-0.3, -0.25) is 19.2 Å². The highest BCUT2D eigenvalue weighted by Gasteiger charge is 2.68. The lowest BCUT2D eigenvalue weighted by atomic mass is 9.46. The first-order valence-corrected chi connectivity index (χ1v) is 18.3. The van der Waals surface area contributed by atoms with Crippen LogP contribution in [0.5, 0.6) is 0 Å². The van der Waals surface area contributed by atoms with E-state index in [-0.39, 0.29) is 42.1 Å². The number of nitrogens with two attached hydrogens (primary N) is 2. The summed E-state index contributed by atoms with van der Waals surface area (Å²) in [4.78, 5) is 87.2. The Kier molecular flexibility index (Phi) is 12.3. The predicted molar refractivity (Wildman–Crippen MR) is 191 cm³/mol. The minimum atomic E-state index is -1.87. The molecule has 1 saturated heterocycles. The van der Waals surface area contributed by atoms with Crippen LogP contribution in [0.4, 0.5) is 9.59 Å². The van der Waals surface area contributed by atoms with Gasteiger partial charge < -0.3 is 45.0 Å². The second-order valence-electron chi connectivity index (χ2n) is 15.4. The molecule has 0 aromatic carbocycles. The van der Waals surface area contributed by atoms with E-state index in [1.54, 1.807) is 6.92 Å². The van der Waals surface area contributed by atoms with Crippen LogP contribution in [0.15, 0.2) is 21.9 Å². The molecule has 20 nitrogen and oxygen atoms in total. The summed E-state index contributed by atoms with van der Waals surface area (Å²) in [5, 5.41) is 21.0. The number of ether oxygens (including phenoxy) is 6. The third kappa shape index (κ3) is 7.99. The summed E-state index contributed by atoms with van der Waals surface area (Å²) in [5.41, 5.74) is 13.1. The number of ketones is 1. The molecule has 3 saturated carbocycles. The van der Waals surface area contributed by atoms with E-state index in [1.807, 2.05) is 6.08 Å². The molecule has 4 fully saturated rings. The number of hydrogen-bond acceptors (Lipinski definition) is 16. The first kappa shape index (κ1) is 42.2. The van der Waals surface area contributed by atoms with Gasteiger partial charge in [-0.25, -0.2) is 25.2 Å². The Morgan fingerprint density at radius 2 is 1.54 bits per heavy atom. The molecule has 0 bridgehead atoms. The number of hydrogen-bond donors (Lipinski definition) is 5. The van der Waals surface area contributed by atoms with Crippen molar-refractivity contribution < 1.29 is 67.1 Å². The first-order chi connectivity index (χ1) is 26.2. The summed E-state index contributed by atoms with van der Waals surface area (Å²) in [6, 6.07) is -1.84. The van der Waals surface area contributed by atoms with Crippen LogP contribution in [0.25, 0.3) is 0 Å². The van der Waals surface area contributed by atoms with Crippen LogP contribution < -0.4 is 22.3 Å². The Morgan fingerprint density at radius 3 is 2.14 bits per heavy atom. The van der Waals surface area contributed by atoms with Crippen LogP contribution in [0.2, 0.25) is 0 Å². The summed E-state index contributed by atoms with van der Waals surface area (Å²) in [6.45, 7) is 6.38. The van der Waals surface area contributed by atoms with Gasteiger partial charge in [-0.05, 0) is 61.9 Å². The van der Waals surface area contributed by atoms with E-state index in [9.17, 15) is 38.7 Å². The highest BCUT2D eigenvalue weighted by Crippen LogP contribution is 2.66. The second kappa shape index (κ2) is 16.3. The Hall–Kier alpha value is -4.95. The lowest BCUT2D eigenvalue weighted by molar-refractivity contribution is -0.298. The topological polar surface area (TPSA) is 296 Å². The lowest BCUT2D eigenvalue weighted by Gasteiger charge is -2.58. The molecule has 20 heteroatoms. The van der Waals surface area contributed by atoms with Crippen molar-refractivity contribution in [3.63, 3.8) is 0 Å². The monoisotopic (exact) mass is 790 g/mol. The smallest absolute Gasteiger partial charge is 0.339 e. The molecule has 0 aromatic heterocycles. The van der Waals surface area contributed by atoms with E-state index < -0.39 is 89.7 Å². The van der Waals surface area contributed by atoms with E-state index in [0.29, 0.717) is 37.8 Å². The zero-order chi connectivity index (χ0) is 41.3. The maximum Gasteiger partial charge on any atom is 0.339 e. The number of nitrogens with one attached hydrogen (secondary N) is 2. The van der Waals surface area contributed by atoms with Crippen molar-refractivity contribution in [3.05, 3.63) is 11.6 Å². The fraction of sp³-hybridized carbons (Fsp3) is 0.694. The molecule has 0 unspecified atom stereocenters. The summed E-state index contributed by atoms with van der Waals surface area (Å²) < 4.78 is 33.0. The maximum atomic E-state index is 14.4. The number of fused-ring (bicyclic) bond motifs is 5. The molecule has 4 aliphatic carbocycles. The number of esters is 4. The highest BCUT2D eigenvalue weighted by atomic mass is 16.7. The molecule has 5 aliphatic rings. The number of urea groups is 2. The molecule has 0 spiro atoms. The van der Waals surface area contributed by atoms with Gasteiger partial charge in [0.05, 0.1) is 25.1 Å². The molecular formula is C36H50N6O14. The summed E-state index contributed by atoms with van der Waals surface area (Å²) in [7, 11) is 1.04. The SMILES string of the molecule is COC(=O)[C@@H]1O[C@H](OC/C(=N\NC(N)=O)[C@]2(O)CC[C@@H]3[C@H]4CCC5=C/C(=N\NC(N)=O)CC[C@]5(C)[C@@H]4C(=O)C[C@]32C)[C@@H](OC(C)=O)[C@H](OC(C)=O)[C@H]1OC(C)=O. The lowest BCUT2D eigenvalue weighted by Crippen LogP contribution is -2.64. The zero-order valence-corrected chi connectivity index (χ0v) is 32.2. The third-order valence-corrected chi connectivity index (χ3v) is 12.1. The zero-order valence-electron chi connectivity index (χ0n) is 32.2. The number of carbonyl (C=O) groups is 7. The molecule has 0 aromatic rings. The number of Topliss-reactive ketones (excluding diaryl/α,β-unsaturated/α-hetero) is 1. The van der Waals surface area contributed by atoms with Crippen molar-refractivity contribution in [2.24, 2.45) is 50.3 Å². The number of methoxy groups -OCH3 is 1. The van der Waals surface area contributed by atoms with Gasteiger partial charge in [0.15, 0.2) is 30.7 Å². The number of hydrazone groups is 2.